The molecule has 1 aromatic rings. The maximum Gasteiger partial charge on any atom is 0.332 e. The van der Waals surface area contributed by atoms with Crippen LogP contribution < -0.4 is 5.32 Å². The third-order valence-corrected chi connectivity index (χ3v) is 3.10. The van der Waals surface area contributed by atoms with E-state index in [1.54, 1.807) is 0 Å². The minimum atomic E-state index is -1.62. The Labute approximate surface area is 119 Å². The molecule has 0 saturated carbocycles. The van der Waals surface area contributed by atoms with Crippen LogP contribution in [0.5, 0.6) is 5.75 Å². The summed E-state index contributed by atoms with van der Waals surface area (Å²) >= 11 is 0. The zero-order chi connectivity index (χ0) is 15.7. The fraction of sp³-hybridized carbons (Fsp3) is 0.231. The number of nitrogens with one attached hydrogen (secondary N) is 1. The summed E-state index contributed by atoms with van der Waals surface area (Å²) in [4.78, 5) is 49.0. The van der Waals surface area contributed by atoms with E-state index >= 15 is 0 Å². The molecule has 5 amide bonds. The molecule has 1 heterocycles. The predicted octanol–water partition coefficient (Wildman–Crippen LogP) is -0.00270. The van der Waals surface area contributed by atoms with Gasteiger partial charge in [-0.2, -0.15) is 0 Å². The van der Waals surface area contributed by atoms with Crippen LogP contribution in [0.3, 0.4) is 0 Å². The summed E-state index contributed by atoms with van der Waals surface area (Å²) in [6, 6.07) is 4.89. The van der Waals surface area contributed by atoms with E-state index in [1.807, 2.05) is 0 Å². The van der Waals surface area contributed by atoms with Crippen molar-refractivity contribution in [3.05, 3.63) is 24.3 Å². The molecule has 1 aromatic carbocycles. The SMILES string of the molecule is CN1C(=O)C(C(=O)Nc2cccc(O)c2)C(=O)N(C)C1=O. The number of hydrogen-bond donors (Lipinski definition) is 2. The standard InChI is InChI=1S/C13H13N3O5/c1-15-11(19)9(12(20)16(2)13(15)21)10(18)14-7-4-3-5-8(17)6-7/h3-6,9,17H,1-2H3,(H,14,18). The van der Waals surface area contributed by atoms with Gasteiger partial charge in [0.1, 0.15) is 5.75 Å². The molecular formula is C13H13N3O5. The lowest BCUT2D eigenvalue weighted by molar-refractivity contribution is -0.151. The fourth-order valence-electron chi connectivity index (χ4n) is 1.93. The maximum atomic E-state index is 12.1. The van der Waals surface area contributed by atoms with Crippen LogP contribution in [0.25, 0.3) is 0 Å². The van der Waals surface area contributed by atoms with Crippen molar-refractivity contribution in [3.8, 4) is 5.75 Å². The number of anilines is 1. The molecule has 1 aliphatic rings. The summed E-state index contributed by atoms with van der Waals surface area (Å²) < 4.78 is 0. The predicted molar refractivity (Wildman–Crippen MR) is 71.2 cm³/mol. The first-order valence-corrected chi connectivity index (χ1v) is 6.02. The average Bonchev–Trinajstić information content (AvgIpc) is 2.43. The van der Waals surface area contributed by atoms with Crippen molar-refractivity contribution in [2.24, 2.45) is 5.92 Å². The number of carbonyl (C=O) groups excluding carboxylic acids is 4. The summed E-state index contributed by atoms with van der Waals surface area (Å²) in [5.74, 6) is -4.33. The zero-order valence-electron chi connectivity index (χ0n) is 11.4. The van der Waals surface area contributed by atoms with Crippen LogP contribution in [0.2, 0.25) is 0 Å². The number of phenolic OH excluding ortho intramolecular Hbond substituents is 1. The van der Waals surface area contributed by atoms with Gasteiger partial charge in [0.15, 0.2) is 5.92 Å². The highest BCUT2D eigenvalue weighted by Crippen LogP contribution is 2.19. The zero-order valence-corrected chi connectivity index (χ0v) is 11.4. The van der Waals surface area contributed by atoms with Gasteiger partial charge in [0.2, 0.25) is 5.91 Å². The van der Waals surface area contributed by atoms with Gasteiger partial charge in [-0.05, 0) is 12.1 Å². The molecule has 0 unspecified atom stereocenters. The first-order chi connectivity index (χ1) is 9.82. The molecule has 8 heteroatoms. The molecule has 0 radical (unpaired) electrons. The molecule has 0 atom stereocenters. The number of phenols is 1. The number of urea groups is 1. The van der Waals surface area contributed by atoms with Gasteiger partial charge >= 0.3 is 6.03 Å². The van der Waals surface area contributed by atoms with Gasteiger partial charge in [-0.25, -0.2) is 4.79 Å². The van der Waals surface area contributed by atoms with Crippen molar-refractivity contribution in [1.29, 1.82) is 0 Å². The van der Waals surface area contributed by atoms with Crippen LogP contribution in [0.15, 0.2) is 24.3 Å². The van der Waals surface area contributed by atoms with Crippen molar-refractivity contribution >= 4 is 29.4 Å². The van der Waals surface area contributed by atoms with Gasteiger partial charge in [0.05, 0.1) is 0 Å². The number of nitrogens with zero attached hydrogens (tertiary/aromatic N) is 2. The number of rotatable bonds is 2. The summed E-state index contributed by atoms with van der Waals surface area (Å²) in [5, 5.41) is 11.7. The van der Waals surface area contributed by atoms with Gasteiger partial charge in [-0.3, -0.25) is 24.2 Å². The smallest absolute Gasteiger partial charge is 0.332 e. The number of benzene rings is 1. The highest BCUT2D eigenvalue weighted by molar-refractivity contribution is 6.27. The third-order valence-electron chi connectivity index (χ3n) is 3.10. The minimum Gasteiger partial charge on any atom is -0.508 e. The molecule has 1 fully saturated rings. The third kappa shape index (κ3) is 2.55. The number of imide groups is 2. The van der Waals surface area contributed by atoms with Crippen LogP contribution in [-0.4, -0.2) is 52.8 Å². The Bertz CT molecular complexity index is 618. The molecule has 0 aromatic heterocycles. The normalized spacial score (nSPS) is 16.4. The van der Waals surface area contributed by atoms with E-state index < -0.39 is 29.7 Å². The molecule has 2 N–H and O–H groups in total. The number of aromatic hydroxyl groups is 1. The molecule has 1 saturated heterocycles. The summed E-state index contributed by atoms with van der Waals surface area (Å²) in [6.07, 6.45) is 0. The number of barbiturate groups is 1. The Kier molecular flexibility index (Phi) is 3.62. The second-order valence-electron chi connectivity index (χ2n) is 4.55. The molecule has 8 nitrogen and oxygen atoms in total. The van der Waals surface area contributed by atoms with E-state index in [0.717, 1.165) is 0 Å². The molecular weight excluding hydrogens is 278 g/mol. The number of carbonyl (C=O) groups is 4. The van der Waals surface area contributed by atoms with E-state index in [1.165, 1.54) is 38.4 Å². The largest absolute Gasteiger partial charge is 0.508 e. The van der Waals surface area contributed by atoms with Crippen molar-refractivity contribution in [2.45, 2.75) is 0 Å². The van der Waals surface area contributed by atoms with E-state index in [4.69, 9.17) is 0 Å². The van der Waals surface area contributed by atoms with Crippen LogP contribution in [0.4, 0.5) is 10.5 Å². The molecule has 21 heavy (non-hydrogen) atoms. The van der Waals surface area contributed by atoms with Gasteiger partial charge in [-0.15, -0.1) is 0 Å². The van der Waals surface area contributed by atoms with Gasteiger partial charge < -0.3 is 10.4 Å². The van der Waals surface area contributed by atoms with Gasteiger partial charge in [0, 0.05) is 25.8 Å². The Morgan fingerprint density at radius 2 is 1.71 bits per heavy atom. The lowest BCUT2D eigenvalue weighted by atomic mass is 10.0. The van der Waals surface area contributed by atoms with Crippen molar-refractivity contribution in [1.82, 2.24) is 9.80 Å². The Hall–Kier alpha value is -2.90. The van der Waals surface area contributed by atoms with E-state index in [9.17, 15) is 24.3 Å². The summed E-state index contributed by atoms with van der Waals surface area (Å²) in [5.41, 5.74) is 0.239. The summed E-state index contributed by atoms with van der Waals surface area (Å²) in [7, 11) is 2.39. The molecule has 0 bridgehead atoms. The lowest BCUT2D eigenvalue weighted by Gasteiger charge is -2.32. The minimum absolute atomic E-state index is 0.0708. The van der Waals surface area contributed by atoms with Crippen molar-refractivity contribution in [3.63, 3.8) is 0 Å². The van der Waals surface area contributed by atoms with Crippen LogP contribution in [0, 0.1) is 5.92 Å². The molecule has 110 valence electrons. The molecule has 2 rings (SSSR count). The molecule has 0 aliphatic carbocycles. The monoisotopic (exact) mass is 291 g/mol. The topological polar surface area (TPSA) is 107 Å². The lowest BCUT2D eigenvalue weighted by Crippen LogP contribution is -2.59. The fourth-order valence-corrected chi connectivity index (χ4v) is 1.93. The van der Waals surface area contributed by atoms with E-state index in [-0.39, 0.29) is 11.4 Å². The van der Waals surface area contributed by atoms with Crippen molar-refractivity contribution < 1.29 is 24.3 Å². The van der Waals surface area contributed by atoms with Crippen LogP contribution in [-0.2, 0) is 14.4 Å². The number of hydrogen-bond acceptors (Lipinski definition) is 5. The maximum absolute atomic E-state index is 12.1. The average molecular weight is 291 g/mol. The molecule has 0 spiro atoms. The Morgan fingerprint density at radius 3 is 2.24 bits per heavy atom. The van der Waals surface area contributed by atoms with Crippen LogP contribution in [0.1, 0.15) is 0 Å². The highest BCUT2D eigenvalue weighted by atomic mass is 16.3. The van der Waals surface area contributed by atoms with E-state index in [2.05, 4.69) is 5.32 Å². The van der Waals surface area contributed by atoms with Gasteiger partial charge in [-0.1, -0.05) is 6.07 Å². The van der Waals surface area contributed by atoms with E-state index in [0.29, 0.717) is 9.80 Å². The van der Waals surface area contributed by atoms with Gasteiger partial charge in [0.25, 0.3) is 11.8 Å². The van der Waals surface area contributed by atoms with Crippen LogP contribution >= 0.6 is 0 Å². The highest BCUT2D eigenvalue weighted by Gasteiger charge is 2.46. The first-order valence-electron chi connectivity index (χ1n) is 6.02. The second-order valence-corrected chi connectivity index (χ2v) is 4.55. The first kappa shape index (κ1) is 14.5. The Balaban J connectivity index is 2.23. The van der Waals surface area contributed by atoms with Crippen molar-refractivity contribution in [2.75, 3.05) is 19.4 Å². The summed E-state index contributed by atoms with van der Waals surface area (Å²) in [6.45, 7) is 0. The second kappa shape index (κ2) is 5.23. The Morgan fingerprint density at radius 1 is 1.14 bits per heavy atom. The molecule has 1 aliphatic heterocycles. The number of amides is 5. The quantitative estimate of drug-likeness (QED) is 0.746.